The van der Waals surface area contributed by atoms with Gasteiger partial charge in [0.15, 0.2) is 0 Å². The van der Waals surface area contributed by atoms with E-state index in [-0.39, 0.29) is 0 Å². The molecule has 2 N–H and O–H groups in total. The van der Waals surface area contributed by atoms with Gasteiger partial charge in [0.2, 0.25) is 0 Å². The molecule has 1 aromatic carbocycles. The number of hydrogen-bond acceptors (Lipinski definition) is 4. The fraction of sp³-hybridized carbons (Fsp3) is 0.278. The zero-order valence-corrected chi connectivity index (χ0v) is 13.1. The number of fused-ring (bicyclic) bond motifs is 1. The summed E-state index contributed by atoms with van der Waals surface area (Å²) >= 11 is 0. The Bertz CT molecular complexity index is 853. The first-order chi connectivity index (χ1) is 11.6. The Kier molecular flexibility index (Phi) is 4.74. The smallest absolute Gasteiger partial charge is 0.336 e. The molecule has 1 aromatic heterocycles. The summed E-state index contributed by atoms with van der Waals surface area (Å²) in [5.41, 5.74) is 0.462. The quantitative estimate of drug-likeness (QED) is 0.514. The zero-order valence-electron chi connectivity index (χ0n) is 13.1. The summed E-state index contributed by atoms with van der Waals surface area (Å²) in [6.07, 6.45) is 7.20. The van der Waals surface area contributed by atoms with Gasteiger partial charge < -0.3 is 15.1 Å². The van der Waals surface area contributed by atoms with Crippen molar-refractivity contribution < 1.29 is 14.0 Å². The molecule has 0 bridgehead atoms. The maximum absolute atomic E-state index is 12.0. The first-order valence-electron chi connectivity index (χ1n) is 7.90. The molecule has 6 nitrogen and oxygen atoms in total. The molecule has 0 fully saturated rings. The highest BCUT2D eigenvalue weighted by Crippen LogP contribution is 2.18. The van der Waals surface area contributed by atoms with Crippen molar-refractivity contribution in [2.24, 2.45) is 5.92 Å². The topological polar surface area (TPSA) is 88.4 Å². The first-order valence-corrected chi connectivity index (χ1v) is 7.90. The molecule has 0 radical (unpaired) electrons. The van der Waals surface area contributed by atoms with Crippen molar-refractivity contribution in [3.05, 3.63) is 52.9 Å². The molecule has 6 heteroatoms. The van der Waals surface area contributed by atoms with E-state index in [1.807, 2.05) is 0 Å². The molecule has 1 heterocycles. The van der Waals surface area contributed by atoms with Crippen LogP contribution in [0.4, 0.5) is 5.69 Å². The normalized spacial score (nSPS) is 16.8. The van der Waals surface area contributed by atoms with Gasteiger partial charge in [0, 0.05) is 23.7 Å². The highest BCUT2D eigenvalue weighted by atomic mass is 16.4. The summed E-state index contributed by atoms with van der Waals surface area (Å²) in [4.78, 5) is 35.0. The van der Waals surface area contributed by atoms with Crippen LogP contribution in [0.5, 0.6) is 0 Å². The van der Waals surface area contributed by atoms with Gasteiger partial charge in [0.05, 0.1) is 0 Å². The molecule has 1 aliphatic carbocycles. The second-order valence-corrected chi connectivity index (χ2v) is 5.82. The van der Waals surface area contributed by atoms with Crippen molar-refractivity contribution in [2.45, 2.75) is 19.3 Å². The zero-order chi connectivity index (χ0) is 16.9. The summed E-state index contributed by atoms with van der Waals surface area (Å²) in [7, 11) is 0. The number of rotatable bonds is 3. The second kappa shape index (κ2) is 7.12. The van der Waals surface area contributed by atoms with Gasteiger partial charge in [-0.3, -0.25) is 9.59 Å². The lowest BCUT2D eigenvalue weighted by Crippen LogP contribution is -2.38. The van der Waals surface area contributed by atoms with E-state index >= 15 is 0 Å². The van der Waals surface area contributed by atoms with Gasteiger partial charge in [0.1, 0.15) is 5.58 Å². The summed E-state index contributed by atoms with van der Waals surface area (Å²) in [5.74, 6) is -0.974. The van der Waals surface area contributed by atoms with Gasteiger partial charge in [0.25, 0.3) is 0 Å². The van der Waals surface area contributed by atoms with Gasteiger partial charge in [-0.05, 0) is 49.4 Å². The molecule has 3 rings (SSSR count). The third-order valence-electron chi connectivity index (χ3n) is 4.01. The maximum atomic E-state index is 12.0. The Hall–Kier alpha value is -2.89. The van der Waals surface area contributed by atoms with Crippen LogP contribution >= 0.6 is 0 Å². The Balaban J connectivity index is 1.59. The molecule has 24 heavy (non-hydrogen) atoms. The van der Waals surface area contributed by atoms with Crippen molar-refractivity contribution in [3.8, 4) is 0 Å². The van der Waals surface area contributed by atoms with Crippen LogP contribution in [-0.4, -0.2) is 18.4 Å². The predicted octanol–water partition coefficient (Wildman–Crippen LogP) is 2.20. The Morgan fingerprint density at radius 3 is 2.79 bits per heavy atom. The molecule has 0 saturated heterocycles. The average molecular weight is 326 g/mol. The highest BCUT2D eigenvalue weighted by molar-refractivity contribution is 6.39. The molecular weight excluding hydrogens is 308 g/mol. The lowest BCUT2D eigenvalue weighted by atomic mass is 9.94. The Morgan fingerprint density at radius 1 is 1.12 bits per heavy atom. The maximum Gasteiger partial charge on any atom is 0.336 e. The van der Waals surface area contributed by atoms with Crippen LogP contribution in [0.2, 0.25) is 0 Å². The van der Waals surface area contributed by atoms with Gasteiger partial charge in [-0.15, -0.1) is 0 Å². The molecule has 1 atom stereocenters. The number of carbonyl (C=O) groups is 2. The van der Waals surface area contributed by atoms with Gasteiger partial charge in [-0.2, -0.15) is 0 Å². The monoisotopic (exact) mass is 326 g/mol. The molecule has 0 saturated carbocycles. The second-order valence-electron chi connectivity index (χ2n) is 5.82. The van der Waals surface area contributed by atoms with E-state index in [1.165, 1.54) is 6.07 Å². The van der Waals surface area contributed by atoms with Crippen LogP contribution in [0.1, 0.15) is 19.3 Å². The fourth-order valence-corrected chi connectivity index (χ4v) is 2.70. The van der Waals surface area contributed by atoms with Gasteiger partial charge >= 0.3 is 17.4 Å². The van der Waals surface area contributed by atoms with Crippen LogP contribution in [-0.2, 0) is 9.59 Å². The molecular formula is C18H18N2O4. The third kappa shape index (κ3) is 3.90. The number of anilines is 1. The Morgan fingerprint density at radius 2 is 2.00 bits per heavy atom. The van der Waals surface area contributed by atoms with E-state index in [4.69, 9.17) is 4.42 Å². The lowest BCUT2D eigenvalue weighted by Gasteiger charge is -2.17. The van der Waals surface area contributed by atoms with E-state index in [9.17, 15) is 14.4 Å². The van der Waals surface area contributed by atoms with E-state index < -0.39 is 17.4 Å². The number of benzene rings is 1. The molecule has 124 valence electrons. The molecule has 0 unspecified atom stereocenters. The molecule has 2 amide bonds. The number of carbonyl (C=O) groups excluding carboxylic acids is 2. The van der Waals surface area contributed by atoms with E-state index in [0.29, 0.717) is 29.1 Å². The SMILES string of the molecule is O=C(NC[C@H]1CC=CCC1)C(=O)Nc1ccc2oc(=O)ccc2c1. The predicted molar refractivity (Wildman–Crippen MR) is 90.6 cm³/mol. The molecule has 2 aromatic rings. The van der Waals surface area contributed by atoms with Crippen molar-refractivity contribution >= 4 is 28.5 Å². The minimum Gasteiger partial charge on any atom is -0.423 e. The minimum absolute atomic E-state index is 0.385. The summed E-state index contributed by atoms with van der Waals surface area (Å²) < 4.78 is 5.02. The standard InChI is InChI=1S/C18H18N2O4/c21-16-9-6-13-10-14(7-8-15(13)24-16)20-18(23)17(22)19-11-12-4-2-1-3-5-12/h1-2,6-10,12H,3-5,11H2,(H,19,22)(H,20,23)/t12-/m0/s1. The number of amides is 2. The van der Waals surface area contributed by atoms with Crippen LogP contribution < -0.4 is 16.3 Å². The van der Waals surface area contributed by atoms with Crippen molar-refractivity contribution in [1.82, 2.24) is 5.32 Å². The minimum atomic E-state index is -0.710. The third-order valence-corrected chi connectivity index (χ3v) is 4.01. The van der Waals surface area contributed by atoms with Gasteiger partial charge in [-0.1, -0.05) is 12.2 Å². The van der Waals surface area contributed by atoms with Crippen LogP contribution in [0.15, 0.2) is 51.7 Å². The van der Waals surface area contributed by atoms with E-state index in [0.717, 1.165) is 19.3 Å². The van der Waals surface area contributed by atoms with Crippen molar-refractivity contribution in [1.29, 1.82) is 0 Å². The van der Waals surface area contributed by atoms with Gasteiger partial charge in [-0.25, -0.2) is 4.79 Å². The number of allylic oxidation sites excluding steroid dienone is 2. The van der Waals surface area contributed by atoms with E-state index in [1.54, 1.807) is 24.3 Å². The average Bonchev–Trinajstić information content (AvgIpc) is 2.60. The van der Waals surface area contributed by atoms with Crippen LogP contribution in [0.3, 0.4) is 0 Å². The summed E-state index contributed by atoms with van der Waals surface area (Å²) in [5, 5.41) is 5.89. The van der Waals surface area contributed by atoms with Crippen LogP contribution in [0.25, 0.3) is 11.0 Å². The number of hydrogen-bond donors (Lipinski definition) is 2. The van der Waals surface area contributed by atoms with Crippen LogP contribution in [0, 0.1) is 5.92 Å². The molecule has 0 spiro atoms. The fourth-order valence-electron chi connectivity index (χ4n) is 2.70. The largest absolute Gasteiger partial charge is 0.423 e. The van der Waals surface area contributed by atoms with E-state index in [2.05, 4.69) is 22.8 Å². The lowest BCUT2D eigenvalue weighted by molar-refractivity contribution is -0.136. The summed E-state index contributed by atoms with van der Waals surface area (Å²) in [6.45, 7) is 0.499. The number of nitrogens with one attached hydrogen (secondary N) is 2. The summed E-state index contributed by atoms with van der Waals surface area (Å²) in [6, 6.07) is 7.73. The Labute approximate surface area is 138 Å². The van der Waals surface area contributed by atoms with Crippen molar-refractivity contribution in [3.63, 3.8) is 0 Å². The highest BCUT2D eigenvalue weighted by Gasteiger charge is 2.16. The van der Waals surface area contributed by atoms with Crippen molar-refractivity contribution in [2.75, 3.05) is 11.9 Å². The molecule has 0 aliphatic heterocycles. The molecule has 1 aliphatic rings. The first kappa shape index (κ1) is 16.0.